The van der Waals surface area contributed by atoms with Crippen molar-refractivity contribution in [2.45, 2.75) is 12.8 Å². The average molecular weight is 493 g/mol. The molecule has 1 N–H and O–H groups in total. The number of hydrogen-bond donors (Lipinski definition) is 1. The van der Waals surface area contributed by atoms with Gasteiger partial charge in [0.25, 0.3) is 0 Å². The monoisotopic (exact) mass is 493 g/mol. The Morgan fingerprint density at radius 1 is 1.64 bits per heavy atom. The number of rotatable bonds is 1. The van der Waals surface area contributed by atoms with Crippen LogP contribution in [0.4, 0.5) is 0 Å². The summed E-state index contributed by atoms with van der Waals surface area (Å²) in [6.45, 7) is 2.15. The summed E-state index contributed by atoms with van der Waals surface area (Å²) in [7, 11) is 0. The van der Waals surface area contributed by atoms with Crippen LogP contribution < -0.4 is 0 Å². The van der Waals surface area contributed by atoms with Crippen LogP contribution in [0.5, 0.6) is 0 Å². The molecule has 11 heavy (non-hydrogen) atoms. The van der Waals surface area contributed by atoms with Crippen LogP contribution in [0, 0.1) is 11.3 Å². The molecule has 0 bridgehead atoms. The lowest BCUT2D eigenvalue weighted by atomic mass is 10.5. The molecule has 0 amide bonds. The van der Waals surface area contributed by atoms with Crippen LogP contribution in [0.3, 0.4) is 0 Å². The summed E-state index contributed by atoms with van der Waals surface area (Å²) in [5.41, 5.74) is 0. The van der Waals surface area contributed by atoms with Crippen LogP contribution in [0.2, 0.25) is 0 Å². The molecule has 0 spiro atoms. The van der Waals surface area contributed by atoms with Gasteiger partial charge in [-0.15, -0.1) is 0 Å². The number of halogens is 3. The predicted octanol–water partition coefficient (Wildman–Crippen LogP) is 2.95. The fourth-order valence-electron chi connectivity index (χ4n) is 0.0676. The highest BCUT2D eigenvalue weighted by Crippen LogP contribution is 2.33. The number of nitriles is 1. The van der Waals surface area contributed by atoms with E-state index >= 15 is 0 Å². The van der Waals surface area contributed by atoms with Crippen LogP contribution in [-0.4, -0.2) is 10.5 Å². The number of carbonyl (C=O) groups is 1. The Balaban J connectivity index is 0. The van der Waals surface area contributed by atoms with Gasteiger partial charge >= 0.3 is 5.97 Å². The van der Waals surface area contributed by atoms with Gasteiger partial charge in [-0.2, -0.15) is 5.26 Å². The fraction of sp³-hybridized carbons (Fsp3) is 0.600. The van der Waals surface area contributed by atoms with E-state index in [1.165, 1.54) is 6.07 Å². The van der Waals surface area contributed by atoms with Gasteiger partial charge in [0, 0.05) is 0 Å². The molecule has 6 heteroatoms. The highest BCUT2D eigenvalue weighted by atomic mass is 127. The molecule has 0 aromatic rings. The molecule has 0 unspecified atom stereocenters. The fourth-order valence-corrected chi connectivity index (χ4v) is 0.0676. The Kier molecular flexibility index (Phi) is 10.4. The van der Waals surface area contributed by atoms with Gasteiger partial charge in [-0.05, 0) is 6.92 Å². The largest absolute Gasteiger partial charge is 0.480 e. The summed E-state index contributed by atoms with van der Waals surface area (Å²) in [5, 5.41) is 15.3. The molecule has 0 rings (SSSR count). The molecule has 0 fully saturated rings. The van der Waals surface area contributed by atoms with Crippen LogP contribution in [-0.2, 0) is 4.79 Å². The Morgan fingerprint density at radius 3 is 1.91 bits per heavy atom. The van der Waals surface area contributed by atoms with E-state index in [-0.39, 0.29) is 0 Å². The van der Waals surface area contributed by atoms with Crippen LogP contribution in [0.1, 0.15) is 13.3 Å². The van der Waals surface area contributed by atoms with E-state index < -0.39 is 12.4 Å². The summed E-state index contributed by atoms with van der Waals surface area (Å²) >= 11 is 7.05. The first kappa shape index (κ1) is 14.7. The molecule has 0 saturated carbocycles. The molecule has 0 aliphatic heterocycles. The minimum Gasteiger partial charge on any atom is -0.480 e. The highest BCUT2D eigenvalue weighted by molar-refractivity contribution is 14.3. The third kappa shape index (κ3) is 54.2. The van der Waals surface area contributed by atoms with Gasteiger partial charge in [-0.1, -0.05) is 67.8 Å². The van der Waals surface area contributed by atoms with E-state index in [9.17, 15) is 4.79 Å². The molecule has 3 nitrogen and oxygen atoms in total. The van der Waals surface area contributed by atoms with Gasteiger partial charge in [0.05, 0.1) is 6.07 Å². The zero-order valence-electron chi connectivity index (χ0n) is 5.64. The van der Waals surface area contributed by atoms with Gasteiger partial charge < -0.3 is 5.11 Å². The Hall–Kier alpha value is 1.15. The van der Waals surface area contributed by atoms with Crippen molar-refractivity contribution in [2.75, 3.05) is 0 Å². The third-order valence-corrected chi connectivity index (χ3v) is 0.230. The zero-order valence-corrected chi connectivity index (χ0v) is 12.1. The van der Waals surface area contributed by atoms with Crippen LogP contribution >= 0.6 is 67.8 Å². The van der Waals surface area contributed by atoms with Gasteiger partial charge in [0.1, 0.15) is 5.86 Å². The number of hydrogen-bond acceptors (Lipinski definition) is 2. The van der Waals surface area contributed by atoms with Crippen molar-refractivity contribution >= 4 is 73.7 Å². The second kappa shape index (κ2) is 7.78. The molecular formula is C5H6I3NO2. The predicted molar refractivity (Wildman–Crippen MR) is 68.3 cm³/mol. The first-order chi connectivity index (χ1) is 4.77. The number of carboxylic acid groups (broad SMARTS) is 1. The van der Waals surface area contributed by atoms with Crippen molar-refractivity contribution < 1.29 is 9.90 Å². The van der Waals surface area contributed by atoms with E-state index in [0.717, 1.165) is 0 Å². The van der Waals surface area contributed by atoms with Crippen LogP contribution in [0.15, 0.2) is 0 Å². The number of nitrogens with zero attached hydrogens (tertiary/aromatic N) is 1. The molecule has 64 valence electrons. The third-order valence-electron chi connectivity index (χ3n) is 0.230. The SMILES string of the molecule is CC(I)(I)I.N#CCC(=O)O. The summed E-state index contributed by atoms with van der Waals surface area (Å²) in [6, 6.07) is 1.47. The van der Waals surface area contributed by atoms with Crippen molar-refractivity contribution in [3.63, 3.8) is 0 Å². The molecule has 0 atom stereocenters. The zero-order chi connectivity index (χ0) is 9.49. The second-order valence-corrected chi connectivity index (χ2v) is 14.2. The maximum atomic E-state index is 9.38. The molecule has 0 radical (unpaired) electrons. The van der Waals surface area contributed by atoms with Gasteiger partial charge in [0.15, 0.2) is 0 Å². The van der Waals surface area contributed by atoms with Gasteiger partial charge in [-0.3, -0.25) is 4.79 Å². The van der Waals surface area contributed by atoms with E-state index in [2.05, 4.69) is 74.7 Å². The molecule has 0 heterocycles. The maximum absolute atomic E-state index is 9.38. The lowest BCUT2D eigenvalue weighted by molar-refractivity contribution is -0.135. The summed E-state index contributed by atoms with van der Waals surface area (Å²) < 4.78 is 0.410. The topological polar surface area (TPSA) is 61.1 Å². The summed E-state index contributed by atoms with van der Waals surface area (Å²) in [6.07, 6.45) is -0.403. The molecule has 0 aliphatic rings. The van der Waals surface area contributed by atoms with Crippen molar-refractivity contribution in [3.8, 4) is 6.07 Å². The van der Waals surface area contributed by atoms with E-state index in [1.54, 1.807) is 0 Å². The molecule has 0 aliphatic carbocycles. The smallest absolute Gasteiger partial charge is 0.317 e. The molecule has 0 saturated heterocycles. The second-order valence-electron chi connectivity index (χ2n) is 1.51. The molecular weight excluding hydrogens is 487 g/mol. The van der Waals surface area contributed by atoms with Crippen molar-refractivity contribution in [1.82, 2.24) is 0 Å². The van der Waals surface area contributed by atoms with E-state index in [1.807, 2.05) is 0 Å². The number of aliphatic carboxylic acids is 1. The quantitative estimate of drug-likeness (QED) is 0.452. The number of alkyl halides is 3. The minimum atomic E-state index is -1.07. The Bertz CT molecular complexity index is 152. The molecule has 0 aromatic carbocycles. The van der Waals surface area contributed by atoms with E-state index in [0.29, 0.717) is -0.565 Å². The highest BCUT2D eigenvalue weighted by Gasteiger charge is 2.04. The lowest BCUT2D eigenvalue weighted by Crippen LogP contribution is -1.88. The van der Waals surface area contributed by atoms with Crippen LogP contribution in [0.25, 0.3) is 0 Å². The van der Waals surface area contributed by atoms with Crippen molar-refractivity contribution in [3.05, 3.63) is 0 Å². The summed E-state index contributed by atoms with van der Waals surface area (Å²) in [5.74, 6) is -1.07. The standard InChI is InChI=1S/C3H3NO2.C2H3I3/c4-2-1-3(5)6;1-2(3,4)5/h1H2,(H,5,6);1H3. The van der Waals surface area contributed by atoms with Gasteiger partial charge in [0.2, 0.25) is 0 Å². The first-order valence-corrected chi connectivity index (χ1v) is 5.66. The molecule has 0 aromatic heterocycles. The summed E-state index contributed by atoms with van der Waals surface area (Å²) in [4.78, 5) is 9.38. The van der Waals surface area contributed by atoms with E-state index in [4.69, 9.17) is 10.4 Å². The normalized spacial score (nSPS) is 9.00. The van der Waals surface area contributed by atoms with Crippen molar-refractivity contribution in [1.29, 1.82) is 5.26 Å². The maximum Gasteiger partial charge on any atom is 0.317 e. The van der Waals surface area contributed by atoms with Crippen molar-refractivity contribution in [2.24, 2.45) is 0 Å². The lowest BCUT2D eigenvalue weighted by Gasteiger charge is -1.96. The van der Waals surface area contributed by atoms with Gasteiger partial charge in [-0.25, -0.2) is 0 Å². The number of carboxylic acids is 1. The first-order valence-electron chi connectivity index (χ1n) is 2.43. The average Bonchev–Trinajstić information content (AvgIpc) is 1.58. The Labute approximate surface area is 106 Å². The Morgan fingerprint density at radius 2 is 1.91 bits per heavy atom. The minimum absolute atomic E-state index is 0.403.